The van der Waals surface area contributed by atoms with Crippen molar-refractivity contribution in [2.75, 3.05) is 23.3 Å². The van der Waals surface area contributed by atoms with E-state index in [9.17, 15) is 22.4 Å². The lowest BCUT2D eigenvalue weighted by atomic mass is 10.2. The summed E-state index contributed by atoms with van der Waals surface area (Å²) in [4.78, 5) is 14.5. The first-order valence-corrected chi connectivity index (χ1v) is 9.54. The Bertz CT molecular complexity index is 1040. The van der Waals surface area contributed by atoms with Crippen molar-refractivity contribution < 1.29 is 31.5 Å². The highest BCUT2D eigenvalue weighted by molar-refractivity contribution is 6.02. The van der Waals surface area contributed by atoms with E-state index in [-0.39, 0.29) is 17.6 Å². The Labute approximate surface area is 176 Å². The summed E-state index contributed by atoms with van der Waals surface area (Å²) >= 11 is 0. The van der Waals surface area contributed by atoms with Gasteiger partial charge in [0.2, 0.25) is 11.6 Å². The number of nitrogens with one attached hydrogen (secondary N) is 1. The molecule has 31 heavy (non-hydrogen) atoms. The van der Waals surface area contributed by atoms with Crippen molar-refractivity contribution in [1.82, 2.24) is 0 Å². The molecule has 0 aliphatic heterocycles. The van der Waals surface area contributed by atoms with Gasteiger partial charge < -0.3 is 19.4 Å². The summed E-state index contributed by atoms with van der Waals surface area (Å²) in [6, 6.07) is 10.0. The first-order valence-electron chi connectivity index (χ1n) is 9.54. The van der Waals surface area contributed by atoms with E-state index in [1.807, 2.05) is 26.0 Å². The predicted octanol–water partition coefficient (Wildman–Crippen LogP) is 5.51. The molecule has 2 aromatic carbocycles. The number of nitrogens with zero attached hydrogens (tertiary/aromatic N) is 1. The van der Waals surface area contributed by atoms with E-state index in [2.05, 4.69) is 10.2 Å². The molecule has 3 aromatic rings. The summed E-state index contributed by atoms with van der Waals surface area (Å²) in [5.74, 6) is -8.26. The number of benzene rings is 2. The van der Waals surface area contributed by atoms with Crippen molar-refractivity contribution in [2.24, 2.45) is 0 Å². The van der Waals surface area contributed by atoms with Gasteiger partial charge in [-0.05, 0) is 50.2 Å². The molecule has 1 heterocycles. The molecule has 5 nitrogen and oxygen atoms in total. The van der Waals surface area contributed by atoms with Gasteiger partial charge in [0.1, 0.15) is 12.4 Å². The molecule has 1 amide bonds. The van der Waals surface area contributed by atoms with Gasteiger partial charge in [0.15, 0.2) is 23.1 Å². The molecule has 0 radical (unpaired) electrons. The lowest BCUT2D eigenvalue weighted by Crippen LogP contribution is -2.21. The summed E-state index contributed by atoms with van der Waals surface area (Å²) < 4.78 is 63.9. The van der Waals surface area contributed by atoms with Crippen LogP contribution in [0.2, 0.25) is 0 Å². The van der Waals surface area contributed by atoms with Gasteiger partial charge in [-0.15, -0.1) is 0 Å². The molecular formula is C22H20F4N2O3. The third-order valence-electron chi connectivity index (χ3n) is 4.57. The minimum Gasteiger partial charge on any atom is -0.479 e. The average Bonchev–Trinajstić information content (AvgIpc) is 3.23. The molecule has 0 unspecified atom stereocenters. The van der Waals surface area contributed by atoms with Crippen molar-refractivity contribution in [3.63, 3.8) is 0 Å². The van der Waals surface area contributed by atoms with Gasteiger partial charge in [-0.1, -0.05) is 0 Å². The Hall–Kier alpha value is -3.49. The van der Waals surface area contributed by atoms with Crippen molar-refractivity contribution >= 4 is 17.3 Å². The quantitative estimate of drug-likeness (QED) is 0.374. The fourth-order valence-corrected chi connectivity index (χ4v) is 2.94. The van der Waals surface area contributed by atoms with Crippen molar-refractivity contribution in [1.29, 1.82) is 0 Å². The van der Waals surface area contributed by atoms with E-state index in [1.165, 1.54) is 12.1 Å². The van der Waals surface area contributed by atoms with Gasteiger partial charge in [0, 0.05) is 30.5 Å². The Morgan fingerprint density at radius 1 is 0.968 bits per heavy atom. The van der Waals surface area contributed by atoms with Gasteiger partial charge in [-0.25, -0.2) is 8.78 Å². The number of hydrogen-bond donors (Lipinski definition) is 1. The van der Waals surface area contributed by atoms with E-state index in [0.29, 0.717) is 5.69 Å². The number of carbonyl (C=O) groups excluding carboxylic acids is 1. The summed E-state index contributed by atoms with van der Waals surface area (Å²) in [6.07, 6.45) is 0. The van der Waals surface area contributed by atoms with Crippen LogP contribution < -0.4 is 15.0 Å². The maximum atomic E-state index is 13.6. The summed E-state index contributed by atoms with van der Waals surface area (Å²) in [5.41, 5.74) is 1.57. The Kier molecular flexibility index (Phi) is 6.84. The molecule has 9 heteroatoms. The second kappa shape index (κ2) is 9.55. The second-order valence-corrected chi connectivity index (χ2v) is 6.53. The van der Waals surface area contributed by atoms with Gasteiger partial charge >= 0.3 is 0 Å². The largest absolute Gasteiger partial charge is 0.479 e. The fourth-order valence-electron chi connectivity index (χ4n) is 2.94. The number of anilines is 2. The fraction of sp³-hybridized carbons (Fsp3) is 0.227. The first-order chi connectivity index (χ1) is 14.8. The van der Waals surface area contributed by atoms with E-state index in [4.69, 9.17) is 9.15 Å². The maximum absolute atomic E-state index is 13.6. The normalized spacial score (nSPS) is 10.8. The van der Waals surface area contributed by atoms with Crippen LogP contribution in [0.15, 0.2) is 46.9 Å². The van der Waals surface area contributed by atoms with Crippen LogP contribution in [0.3, 0.4) is 0 Å². The molecule has 3 rings (SSSR count). The molecule has 0 bridgehead atoms. The van der Waals surface area contributed by atoms with Crippen molar-refractivity contribution in [3.05, 3.63) is 77.3 Å². The summed E-state index contributed by atoms with van der Waals surface area (Å²) in [6.45, 7) is 5.27. The predicted molar refractivity (Wildman–Crippen MR) is 107 cm³/mol. The van der Waals surface area contributed by atoms with Gasteiger partial charge in [-0.2, -0.15) is 8.78 Å². The number of amides is 1. The van der Waals surface area contributed by atoms with Crippen LogP contribution >= 0.6 is 0 Å². The van der Waals surface area contributed by atoms with Crippen LogP contribution in [0.5, 0.6) is 5.75 Å². The highest BCUT2D eigenvalue weighted by Gasteiger charge is 2.21. The molecule has 0 spiro atoms. The Morgan fingerprint density at radius 3 is 2.16 bits per heavy atom. The number of rotatable bonds is 8. The lowest BCUT2D eigenvalue weighted by molar-refractivity contribution is 0.0992. The maximum Gasteiger partial charge on any atom is 0.291 e. The smallest absolute Gasteiger partial charge is 0.291 e. The molecule has 0 aliphatic carbocycles. The first kappa shape index (κ1) is 22.2. The SMILES string of the molecule is CCN(CC)c1ccc(NC(=O)c2ccc(COc3c(F)c(F)cc(F)c3F)o2)cc1. The molecule has 0 aliphatic rings. The summed E-state index contributed by atoms with van der Waals surface area (Å²) in [5, 5.41) is 2.67. The van der Waals surface area contributed by atoms with Crippen molar-refractivity contribution in [3.8, 4) is 5.75 Å². The van der Waals surface area contributed by atoms with Crippen LogP contribution in [-0.4, -0.2) is 19.0 Å². The van der Waals surface area contributed by atoms with E-state index < -0.39 is 41.5 Å². The van der Waals surface area contributed by atoms with E-state index in [1.54, 1.807) is 12.1 Å². The molecule has 0 saturated carbocycles. The minimum atomic E-state index is -1.66. The van der Waals surface area contributed by atoms with Crippen LogP contribution in [0, 0.1) is 23.3 Å². The highest BCUT2D eigenvalue weighted by Crippen LogP contribution is 2.27. The Balaban J connectivity index is 1.64. The molecule has 0 fully saturated rings. The number of furan rings is 1. The van der Waals surface area contributed by atoms with Gasteiger partial charge in [0.25, 0.3) is 5.91 Å². The molecule has 164 valence electrons. The van der Waals surface area contributed by atoms with E-state index in [0.717, 1.165) is 18.8 Å². The van der Waals surface area contributed by atoms with E-state index >= 15 is 0 Å². The zero-order valence-corrected chi connectivity index (χ0v) is 16.8. The number of ether oxygens (including phenoxy) is 1. The van der Waals surface area contributed by atoms with Gasteiger partial charge in [0.05, 0.1) is 0 Å². The topological polar surface area (TPSA) is 54.7 Å². The monoisotopic (exact) mass is 436 g/mol. The highest BCUT2D eigenvalue weighted by atomic mass is 19.2. The number of hydrogen-bond acceptors (Lipinski definition) is 4. The zero-order valence-electron chi connectivity index (χ0n) is 16.8. The van der Waals surface area contributed by atoms with Crippen LogP contribution in [0.25, 0.3) is 0 Å². The second-order valence-electron chi connectivity index (χ2n) is 6.53. The van der Waals surface area contributed by atoms with Crippen LogP contribution in [0.4, 0.5) is 28.9 Å². The number of carbonyl (C=O) groups is 1. The summed E-state index contributed by atoms with van der Waals surface area (Å²) in [7, 11) is 0. The van der Waals surface area contributed by atoms with Crippen molar-refractivity contribution in [2.45, 2.75) is 20.5 Å². The molecule has 0 atom stereocenters. The number of halogens is 4. The third kappa shape index (κ3) is 4.99. The lowest BCUT2D eigenvalue weighted by Gasteiger charge is -2.21. The molecule has 1 N–H and O–H groups in total. The standard InChI is InChI=1S/C22H20F4N2O3/c1-3-28(4-2)14-7-5-13(6-8-14)27-22(29)18-10-9-15(31-18)12-30-21-19(25)16(23)11-17(24)20(21)26/h5-11H,3-4,12H2,1-2H3,(H,27,29). The molecule has 0 saturated heterocycles. The average molecular weight is 436 g/mol. The zero-order chi connectivity index (χ0) is 22.5. The minimum absolute atomic E-state index is 0.0329. The third-order valence-corrected chi connectivity index (χ3v) is 4.57. The van der Waals surface area contributed by atoms with Crippen LogP contribution in [-0.2, 0) is 6.61 Å². The van der Waals surface area contributed by atoms with Gasteiger partial charge in [-0.3, -0.25) is 4.79 Å². The molecule has 1 aromatic heterocycles. The molecular weight excluding hydrogens is 416 g/mol. The Morgan fingerprint density at radius 2 is 1.58 bits per heavy atom. The van der Waals surface area contributed by atoms with Crippen LogP contribution in [0.1, 0.15) is 30.2 Å².